The average Bonchev–Trinajstić information content (AvgIpc) is 2.44. The molecule has 6 nitrogen and oxygen atoms in total. The number of halogens is 1. The number of anilines is 1. The monoisotopic (exact) mass is 299 g/mol. The summed E-state index contributed by atoms with van der Waals surface area (Å²) in [5, 5.41) is 3.41. The van der Waals surface area contributed by atoms with Gasteiger partial charge in [-0.25, -0.2) is 0 Å². The van der Waals surface area contributed by atoms with Crippen molar-refractivity contribution < 1.29 is 4.74 Å². The van der Waals surface area contributed by atoms with E-state index in [0.29, 0.717) is 18.5 Å². The first-order chi connectivity index (χ1) is 9.67. The van der Waals surface area contributed by atoms with E-state index >= 15 is 0 Å². The number of rotatable bonds is 6. The Labute approximate surface area is 124 Å². The van der Waals surface area contributed by atoms with Gasteiger partial charge in [0.25, 0.3) is 0 Å². The number of nitrogens with one attached hydrogen (secondary N) is 1. The molecule has 1 aliphatic rings. The van der Waals surface area contributed by atoms with Crippen LogP contribution in [0, 0.1) is 5.92 Å². The third kappa shape index (κ3) is 4.76. The smallest absolute Gasteiger partial charge is 0.322 e. The number of likely N-dealkylation sites (tertiary alicyclic amines) is 1. The minimum absolute atomic E-state index is 0.164. The molecule has 1 fully saturated rings. The molecular weight excluding hydrogens is 278 g/mol. The molecule has 0 radical (unpaired) electrons. The minimum Gasteiger partial charge on any atom is -0.463 e. The number of ether oxygens (including phenoxy) is 1. The molecule has 0 unspecified atom stereocenters. The third-order valence-corrected chi connectivity index (χ3v) is 3.58. The lowest BCUT2D eigenvalue weighted by atomic mass is 9.97. The number of hydrogen-bond acceptors (Lipinski definition) is 6. The Bertz CT molecular complexity index is 423. The Balaban J connectivity index is 1.87. The molecule has 20 heavy (non-hydrogen) atoms. The maximum absolute atomic E-state index is 5.88. The third-order valence-electron chi connectivity index (χ3n) is 3.41. The van der Waals surface area contributed by atoms with Crippen LogP contribution in [-0.4, -0.2) is 53.1 Å². The van der Waals surface area contributed by atoms with Crippen molar-refractivity contribution in [1.82, 2.24) is 19.9 Å². The number of hydrogen-bond donors (Lipinski definition) is 1. The first-order valence-electron chi connectivity index (χ1n) is 7.14. The fourth-order valence-corrected chi connectivity index (χ4v) is 2.32. The van der Waals surface area contributed by atoms with E-state index in [0.717, 1.165) is 26.1 Å². The molecule has 1 saturated heterocycles. The highest BCUT2D eigenvalue weighted by Gasteiger charge is 2.17. The highest BCUT2D eigenvalue weighted by atomic mass is 35.5. The molecule has 112 valence electrons. The maximum Gasteiger partial charge on any atom is 0.322 e. The zero-order chi connectivity index (χ0) is 14.4. The largest absolute Gasteiger partial charge is 0.463 e. The zero-order valence-corrected chi connectivity index (χ0v) is 12.9. The van der Waals surface area contributed by atoms with Gasteiger partial charge in [-0.1, -0.05) is 6.92 Å². The predicted molar refractivity (Wildman–Crippen MR) is 79.3 cm³/mol. The van der Waals surface area contributed by atoms with E-state index in [1.807, 2.05) is 6.92 Å². The maximum atomic E-state index is 5.88. The average molecular weight is 300 g/mol. The lowest BCUT2D eigenvalue weighted by molar-refractivity contribution is 0.226. The van der Waals surface area contributed by atoms with Crippen molar-refractivity contribution in [1.29, 1.82) is 0 Å². The predicted octanol–water partition coefficient (Wildman–Crippen LogP) is 2.07. The molecule has 0 bridgehead atoms. The molecule has 2 heterocycles. The van der Waals surface area contributed by atoms with Crippen molar-refractivity contribution in [2.45, 2.75) is 26.2 Å². The number of nitrogens with zero attached hydrogens (tertiary/aromatic N) is 4. The van der Waals surface area contributed by atoms with Crippen molar-refractivity contribution in [2.24, 2.45) is 5.92 Å². The Kier molecular flexibility index (Phi) is 5.79. The fraction of sp³-hybridized carbons (Fsp3) is 0.769. The summed E-state index contributed by atoms with van der Waals surface area (Å²) in [6.07, 6.45) is 3.30. The van der Waals surface area contributed by atoms with Gasteiger partial charge in [-0.15, -0.1) is 0 Å². The van der Waals surface area contributed by atoms with E-state index in [1.54, 1.807) is 0 Å². The van der Waals surface area contributed by atoms with Crippen LogP contribution in [0.25, 0.3) is 0 Å². The minimum atomic E-state index is 0.164. The van der Waals surface area contributed by atoms with Gasteiger partial charge in [-0.3, -0.25) is 0 Å². The highest BCUT2D eigenvalue weighted by Crippen LogP contribution is 2.17. The summed E-state index contributed by atoms with van der Waals surface area (Å²) >= 11 is 5.88. The second kappa shape index (κ2) is 7.59. The van der Waals surface area contributed by atoms with Gasteiger partial charge in [0, 0.05) is 6.54 Å². The van der Waals surface area contributed by atoms with Gasteiger partial charge < -0.3 is 15.0 Å². The van der Waals surface area contributed by atoms with Crippen LogP contribution < -0.4 is 10.1 Å². The molecule has 1 aromatic heterocycles. The van der Waals surface area contributed by atoms with Crippen LogP contribution in [0.15, 0.2) is 0 Å². The fourth-order valence-electron chi connectivity index (χ4n) is 2.17. The zero-order valence-electron chi connectivity index (χ0n) is 12.1. The van der Waals surface area contributed by atoms with Crippen molar-refractivity contribution in [3.63, 3.8) is 0 Å². The van der Waals surface area contributed by atoms with E-state index in [1.165, 1.54) is 12.8 Å². The Morgan fingerprint density at radius 2 is 2.05 bits per heavy atom. The number of aromatic nitrogens is 3. The molecule has 0 amide bonds. The molecule has 2 rings (SSSR count). The SMILES string of the molecule is CCCOc1nc(Cl)nc(NCC2CCN(C)CC2)n1. The quantitative estimate of drug-likeness (QED) is 0.867. The highest BCUT2D eigenvalue weighted by molar-refractivity contribution is 6.28. The van der Waals surface area contributed by atoms with Crippen LogP contribution in [0.3, 0.4) is 0 Å². The summed E-state index contributed by atoms with van der Waals surface area (Å²) in [6.45, 7) is 5.77. The summed E-state index contributed by atoms with van der Waals surface area (Å²) < 4.78 is 5.39. The summed E-state index contributed by atoms with van der Waals surface area (Å²) in [7, 11) is 2.16. The first-order valence-corrected chi connectivity index (χ1v) is 7.52. The lowest BCUT2D eigenvalue weighted by Gasteiger charge is -2.28. The van der Waals surface area contributed by atoms with Gasteiger partial charge in [0.2, 0.25) is 11.2 Å². The molecular formula is C13H22ClN5O. The normalized spacial score (nSPS) is 17.1. The molecule has 0 atom stereocenters. The van der Waals surface area contributed by atoms with Crippen LogP contribution in [0.2, 0.25) is 5.28 Å². The molecule has 7 heteroatoms. The van der Waals surface area contributed by atoms with Crippen molar-refractivity contribution in [3.05, 3.63) is 5.28 Å². The van der Waals surface area contributed by atoms with E-state index in [2.05, 4.69) is 32.2 Å². The first kappa shape index (κ1) is 15.3. The summed E-state index contributed by atoms with van der Waals surface area (Å²) in [6, 6.07) is 0.290. The van der Waals surface area contributed by atoms with E-state index in [9.17, 15) is 0 Å². The van der Waals surface area contributed by atoms with Crippen molar-refractivity contribution in [3.8, 4) is 6.01 Å². The Morgan fingerprint density at radius 3 is 2.75 bits per heavy atom. The molecule has 1 aliphatic heterocycles. The summed E-state index contributed by atoms with van der Waals surface area (Å²) in [5.41, 5.74) is 0. The summed E-state index contributed by atoms with van der Waals surface area (Å²) in [4.78, 5) is 14.6. The van der Waals surface area contributed by atoms with Crippen LogP contribution in [0.5, 0.6) is 6.01 Å². The standard InChI is InChI=1S/C13H22ClN5O/c1-3-8-20-13-17-11(14)16-12(18-13)15-9-10-4-6-19(2)7-5-10/h10H,3-9H2,1-2H3,(H,15,16,17,18). The summed E-state index contributed by atoms with van der Waals surface area (Å²) in [5.74, 6) is 1.15. The van der Waals surface area contributed by atoms with Crippen molar-refractivity contribution >= 4 is 17.5 Å². The van der Waals surface area contributed by atoms with E-state index in [4.69, 9.17) is 16.3 Å². The molecule has 0 aromatic carbocycles. The van der Waals surface area contributed by atoms with Gasteiger partial charge in [-0.2, -0.15) is 15.0 Å². The van der Waals surface area contributed by atoms with Crippen molar-refractivity contribution in [2.75, 3.05) is 38.6 Å². The van der Waals surface area contributed by atoms with Crippen LogP contribution in [0.4, 0.5) is 5.95 Å². The van der Waals surface area contributed by atoms with Gasteiger partial charge in [-0.05, 0) is 56.9 Å². The van der Waals surface area contributed by atoms with Gasteiger partial charge in [0.15, 0.2) is 0 Å². The Hall–Kier alpha value is -1.14. The van der Waals surface area contributed by atoms with Gasteiger partial charge in [0.05, 0.1) is 6.61 Å². The van der Waals surface area contributed by atoms with Gasteiger partial charge >= 0.3 is 6.01 Å². The van der Waals surface area contributed by atoms with E-state index in [-0.39, 0.29) is 11.3 Å². The topological polar surface area (TPSA) is 63.2 Å². The lowest BCUT2D eigenvalue weighted by Crippen LogP contribution is -2.33. The van der Waals surface area contributed by atoms with Gasteiger partial charge in [0.1, 0.15) is 0 Å². The molecule has 0 spiro atoms. The van der Waals surface area contributed by atoms with E-state index < -0.39 is 0 Å². The van der Waals surface area contributed by atoms with Crippen LogP contribution in [0.1, 0.15) is 26.2 Å². The molecule has 1 N–H and O–H groups in total. The molecule has 0 aliphatic carbocycles. The second-order valence-corrected chi connectivity index (χ2v) is 5.52. The second-order valence-electron chi connectivity index (χ2n) is 5.19. The Morgan fingerprint density at radius 1 is 1.30 bits per heavy atom. The number of piperidine rings is 1. The van der Waals surface area contributed by atoms with Crippen LogP contribution in [-0.2, 0) is 0 Å². The molecule has 0 saturated carbocycles. The van der Waals surface area contributed by atoms with Crippen LogP contribution >= 0.6 is 11.6 Å². The molecule has 1 aromatic rings.